The summed E-state index contributed by atoms with van der Waals surface area (Å²) < 4.78 is 5.03. The molecule has 0 amide bonds. The van der Waals surface area contributed by atoms with Crippen LogP contribution in [0.4, 0.5) is 0 Å². The molecule has 0 atom stereocenters. The van der Waals surface area contributed by atoms with Crippen molar-refractivity contribution < 1.29 is 0 Å². The molecule has 0 saturated carbocycles. The van der Waals surface area contributed by atoms with Gasteiger partial charge in [-0.3, -0.25) is 0 Å². The minimum atomic E-state index is 1.12. The number of hydrogen-bond acceptors (Lipinski definition) is 1. The van der Waals surface area contributed by atoms with Crippen LogP contribution in [0.2, 0.25) is 0 Å². The lowest BCUT2D eigenvalue weighted by Gasteiger charge is -2.13. The van der Waals surface area contributed by atoms with Crippen molar-refractivity contribution in [1.29, 1.82) is 0 Å². The molecule has 0 bridgehead atoms. The van der Waals surface area contributed by atoms with Crippen molar-refractivity contribution in [2.24, 2.45) is 0 Å². The number of rotatable bonds is 8. The third kappa shape index (κ3) is 6.91. The second-order valence-electron chi connectivity index (χ2n) is 16.5. The maximum Gasteiger partial charge on any atom is 0.0535 e. The smallest absolute Gasteiger partial charge is 0.0535 e. The Morgan fingerprint density at radius 2 is 0.719 bits per heavy atom. The van der Waals surface area contributed by atoms with Crippen LogP contribution in [0.5, 0.6) is 0 Å². The van der Waals surface area contributed by atoms with Crippen LogP contribution in [0.25, 0.3) is 115 Å². The molecule has 0 fully saturated rings. The van der Waals surface area contributed by atoms with Crippen LogP contribution in [0, 0.1) is 0 Å². The molecule has 0 N–H and O–H groups in total. The van der Waals surface area contributed by atoms with E-state index in [1.807, 2.05) is 11.3 Å². The maximum atomic E-state index is 2.41. The molecule has 12 rings (SSSR count). The Bertz CT molecular complexity index is 3510. The SMILES string of the molecule is c1ccc(-c2cc(-c3ccccc3)cc(-c3ccc4c(c3)c(-c3cc(-c5ccccc5)cc(-c5ccccc5)c3)cn4-c3ccc(-c4cccc5c4sc4ccccc45)cc3)c2)cc1. The van der Waals surface area contributed by atoms with Gasteiger partial charge in [0.25, 0.3) is 0 Å². The first-order valence-electron chi connectivity index (χ1n) is 21.9. The van der Waals surface area contributed by atoms with Crippen LogP contribution in [0.3, 0.4) is 0 Å². The van der Waals surface area contributed by atoms with Crippen molar-refractivity contribution in [1.82, 2.24) is 4.57 Å². The number of thiophene rings is 1. The maximum absolute atomic E-state index is 2.41. The van der Waals surface area contributed by atoms with E-state index in [0.29, 0.717) is 0 Å². The molecule has 300 valence electrons. The van der Waals surface area contributed by atoms with Crippen molar-refractivity contribution in [3.63, 3.8) is 0 Å². The van der Waals surface area contributed by atoms with Crippen LogP contribution in [0.15, 0.2) is 249 Å². The molecule has 0 unspecified atom stereocenters. The highest BCUT2D eigenvalue weighted by molar-refractivity contribution is 7.26. The predicted molar refractivity (Wildman–Crippen MR) is 274 cm³/mol. The Balaban J connectivity index is 1.05. The first-order valence-corrected chi connectivity index (χ1v) is 22.7. The fourth-order valence-corrected chi connectivity index (χ4v) is 10.6. The van der Waals surface area contributed by atoms with Gasteiger partial charge in [0.05, 0.1) is 5.52 Å². The topological polar surface area (TPSA) is 4.93 Å². The van der Waals surface area contributed by atoms with Gasteiger partial charge in [-0.1, -0.05) is 176 Å². The summed E-state index contributed by atoms with van der Waals surface area (Å²) in [6.45, 7) is 0. The van der Waals surface area contributed by atoms with Crippen LogP contribution in [-0.2, 0) is 0 Å². The molecular weight excluding hydrogens is 791 g/mol. The molecule has 1 nitrogen and oxygen atoms in total. The highest BCUT2D eigenvalue weighted by Crippen LogP contribution is 2.43. The minimum absolute atomic E-state index is 1.12. The number of benzene rings is 10. The average Bonchev–Trinajstić information content (AvgIpc) is 3.96. The number of aromatic nitrogens is 1. The molecule has 0 aliphatic rings. The van der Waals surface area contributed by atoms with Crippen molar-refractivity contribution in [3.05, 3.63) is 249 Å². The van der Waals surface area contributed by atoms with Crippen molar-refractivity contribution in [2.75, 3.05) is 0 Å². The van der Waals surface area contributed by atoms with E-state index in [0.717, 1.165) is 11.2 Å². The summed E-state index contributed by atoms with van der Waals surface area (Å²) in [5.74, 6) is 0. The third-order valence-corrected chi connectivity index (χ3v) is 13.8. The van der Waals surface area contributed by atoms with E-state index in [-0.39, 0.29) is 0 Å². The highest BCUT2D eigenvalue weighted by atomic mass is 32.1. The fraction of sp³-hybridized carbons (Fsp3) is 0. The second kappa shape index (κ2) is 16.0. The summed E-state index contributed by atoms with van der Waals surface area (Å²) >= 11 is 1.88. The molecule has 2 aromatic heterocycles. The Morgan fingerprint density at radius 3 is 1.27 bits per heavy atom. The Kier molecular flexibility index (Phi) is 9.43. The molecular formula is C62H41NS. The summed E-state index contributed by atoms with van der Waals surface area (Å²) in [5, 5.41) is 3.84. The van der Waals surface area contributed by atoms with E-state index < -0.39 is 0 Å². The Morgan fingerprint density at radius 1 is 0.266 bits per heavy atom. The second-order valence-corrected chi connectivity index (χ2v) is 17.6. The lowest BCUT2D eigenvalue weighted by atomic mass is 9.91. The molecule has 0 radical (unpaired) electrons. The van der Waals surface area contributed by atoms with E-state index in [1.54, 1.807) is 0 Å². The molecule has 0 aliphatic heterocycles. The van der Waals surface area contributed by atoms with Gasteiger partial charge in [-0.05, 0) is 139 Å². The predicted octanol–water partition coefficient (Wildman–Crippen LogP) is 17.7. The summed E-state index contributed by atoms with van der Waals surface area (Å²) in [4.78, 5) is 0. The lowest BCUT2D eigenvalue weighted by Crippen LogP contribution is -1.92. The van der Waals surface area contributed by atoms with Gasteiger partial charge in [0.1, 0.15) is 0 Å². The van der Waals surface area contributed by atoms with Gasteiger partial charge in [0.2, 0.25) is 0 Å². The molecule has 2 heterocycles. The lowest BCUT2D eigenvalue weighted by molar-refractivity contribution is 1.13. The first-order chi connectivity index (χ1) is 31.7. The zero-order valence-electron chi connectivity index (χ0n) is 35.0. The molecule has 12 aromatic rings. The van der Waals surface area contributed by atoms with Crippen molar-refractivity contribution >= 4 is 42.4 Å². The zero-order valence-corrected chi connectivity index (χ0v) is 35.8. The highest BCUT2D eigenvalue weighted by Gasteiger charge is 2.18. The largest absolute Gasteiger partial charge is 0.316 e. The summed E-state index contributed by atoms with van der Waals surface area (Å²) in [6.07, 6.45) is 2.35. The van der Waals surface area contributed by atoms with Gasteiger partial charge in [0.15, 0.2) is 0 Å². The van der Waals surface area contributed by atoms with Crippen LogP contribution in [-0.4, -0.2) is 4.57 Å². The Labute approximate surface area is 377 Å². The van der Waals surface area contributed by atoms with Gasteiger partial charge in [-0.25, -0.2) is 0 Å². The monoisotopic (exact) mass is 831 g/mol. The van der Waals surface area contributed by atoms with E-state index in [2.05, 4.69) is 253 Å². The summed E-state index contributed by atoms with van der Waals surface area (Å²) in [6, 6.07) is 88.7. The van der Waals surface area contributed by atoms with Gasteiger partial charge >= 0.3 is 0 Å². The first kappa shape index (κ1) is 37.7. The van der Waals surface area contributed by atoms with E-state index in [9.17, 15) is 0 Å². The van der Waals surface area contributed by atoms with E-state index in [1.165, 1.54) is 103 Å². The number of fused-ring (bicyclic) bond motifs is 4. The van der Waals surface area contributed by atoms with Crippen LogP contribution >= 0.6 is 11.3 Å². The summed E-state index contributed by atoms with van der Waals surface area (Å²) in [7, 11) is 0. The standard InChI is InChI=1S/C62H41NS/c1-5-16-42(17-6-1)48-34-49(43-18-7-2-8-19-43)37-52(36-48)47-30-33-60-58(40-47)59(53-38-50(44-20-9-3-10-21-44)35-51(39-53)45-22-11-4-12-23-45)41-63(60)54-31-28-46(29-32-54)55-25-15-26-57-56-24-13-14-27-61(56)64-62(55)57/h1-41H. The van der Waals surface area contributed by atoms with Crippen molar-refractivity contribution in [3.8, 4) is 83.6 Å². The van der Waals surface area contributed by atoms with E-state index >= 15 is 0 Å². The molecule has 0 aliphatic carbocycles. The fourth-order valence-electron chi connectivity index (χ4n) is 9.40. The van der Waals surface area contributed by atoms with Crippen LogP contribution in [0.1, 0.15) is 0 Å². The van der Waals surface area contributed by atoms with Crippen LogP contribution < -0.4 is 0 Å². The molecule has 0 saturated heterocycles. The third-order valence-electron chi connectivity index (χ3n) is 12.6. The number of nitrogens with zero attached hydrogens (tertiary/aromatic N) is 1. The van der Waals surface area contributed by atoms with Gasteiger partial charge in [0, 0.05) is 43.0 Å². The molecule has 10 aromatic carbocycles. The molecule has 2 heteroatoms. The molecule has 0 spiro atoms. The number of hydrogen-bond donors (Lipinski definition) is 0. The van der Waals surface area contributed by atoms with Gasteiger partial charge in [-0.2, -0.15) is 0 Å². The molecule has 64 heavy (non-hydrogen) atoms. The van der Waals surface area contributed by atoms with Crippen molar-refractivity contribution in [2.45, 2.75) is 0 Å². The minimum Gasteiger partial charge on any atom is -0.316 e. The zero-order chi connectivity index (χ0) is 42.4. The average molecular weight is 832 g/mol. The van der Waals surface area contributed by atoms with Gasteiger partial charge in [-0.15, -0.1) is 11.3 Å². The Hall–Kier alpha value is -8.04. The quantitative estimate of drug-likeness (QED) is 0.144. The van der Waals surface area contributed by atoms with E-state index in [4.69, 9.17) is 0 Å². The summed E-state index contributed by atoms with van der Waals surface area (Å²) in [5.41, 5.74) is 19.1. The normalized spacial score (nSPS) is 11.4. The van der Waals surface area contributed by atoms with Gasteiger partial charge < -0.3 is 4.57 Å².